The lowest BCUT2D eigenvalue weighted by atomic mass is 9.68. The van der Waals surface area contributed by atoms with Crippen LogP contribution in [0.4, 0.5) is 0 Å². The van der Waals surface area contributed by atoms with Gasteiger partial charge in [0.2, 0.25) is 0 Å². The molecule has 104 valence electrons. The molecule has 4 unspecified atom stereocenters. The molecule has 0 bridgehead atoms. The molecule has 1 aromatic rings. The van der Waals surface area contributed by atoms with Crippen LogP contribution in [0.1, 0.15) is 28.1 Å². The summed E-state index contributed by atoms with van der Waals surface area (Å²) in [5.41, 5.74) is 7.05. The summed E-state index contributed by atoms with van der Waals surface area (Å²) in [6, 6.07) is -0.0923. The van der Waals surface area contributed by atoms with Crippen LogP contribution in [0.2, 0.25) is 5.02 Å². The third-order valence-corrected chi connectivity index (χ3v) is 5.78. The maximum Gasteiger partial charge on any atom is 0.263 e. The van der Waals surface area contributed by atoms with E-state index in [4.69, 9.17) is 22.1 Å². The molecular formula is C13H17ClN2O2S. The van der Waals surface area contributed by atoms with Gasteiger partial charge in [-0.15, -0.1) is 11.3 Å². The first-order valence-electron chi connectivity index (χ1n) is 6.51. The second-order valence-corrected chi connectivity index (χ2v) is 6.54. The molecule has 1 aliphatic carbocycles. The summed E-state index contributed by atoms with van der Waals surface area (Å²) in [5.74, 6) is 0.246. The number of aryl methyl sites for hydroxylation is 1. The Morgan fingerprint density at radius 3 is 3.11 bits per heavy atom. The zero-order valence-corrected chi connectivity index (χ0v) is 12.3. The average Bonchev–Trinajstić information content (AvgIpc) is 2.76. The van der Waals surface area contributed by atoms with E-state index in [1.807, 2.05) is 12.3 Å². The smallest absolute Gasteiger partial charge is 0.263 e. The van der Waals surface area contributed by atoms with Crippen molar-refractivity contribution < 1.29 is 9.53 Å². The number of ether oxygens (including phenoxy) is 1. The minimum absolute atomic E-state index is 0.00548. The average molecular weight is 301 g/mol. The van der Waals surface area contributed by atoms with Crippen molar-refractivity contribution in [2.24, 2.45) is 11.7 Å². The van der Waals surface area contributed by atoms with Crippen molar-refractivity contribution in [3.8, 4) is 0 Å². The molecule has 6 heteroatoms. The molecule has 1 saturated carbocycles. The van der Waals surface area contributed by atoms with Gasteiger partial charge in [-0.3, -0.25) is 4.79 Å². The maximum absolute atomic E-state index is 12.2. The third kappa shape index (κ3) is 2.18. The van der Waals surface area contributed by atoms with Gasteiger partial charge in [-0.05, 0) is 30.7 Å². The number of hydrogen-bond donors (Lipinski definition) is 2. The van der Waals surface area contributed by atoms with Crippen LogP contribution in [0, 0.1) is 12.8 Å². The van der Waals surface area contributed by atoms with Crippen molar-refractivity contribution in [3.63, 3.8) is 0 Å². The normalized spacial score (nSPS) is 33.4. The molecule has 19 heavy (non-hydrogen) atoms. The first-order chi connectivity index (χ1) is 9.09. The predicted molar refractivity (Wildman–Crippen MR) is 75.8 cm³/mol. The van der Waals surface area contributed by atoms with E-state index < -0.39 is 0 Å². The lowest BCUT2D eigenvalue weighted by molar-refractivity contribution is -0.117. The SMILES string of the molecule is Cc1csc(C(=O)NC2C(N)C3CCCOC32)c1Cl. The van der Waals surface area contributed by atoms with Gasteiger partial charge in [0.05, 0.1) is 17.2 Å². The molecule has 0 spiro atoms. The number of hydrogen-bond acceptors (Lipinski definition) is 4. The van der Waals surface area contributed by atoms with Crippen LogP contribution in [0.25, 0.3) is 0 Å². The summed E-state index contributed by atoms with van der Waals surface area (Å²) in [7, 11) is 0. The number of carbonyl (C=O) groups excluding carboxylic acids is 1. The minimum atomic E-state index is -0.142. The fraction of sp³-hybridized carbons (Fsp3) is 0.615. The Bertz CT molecular complexity index is 505. The third-order valence-electron chi connectivity index (χ3n) is 4.08. The lowest BCUT2D eigenvalue weighted by Gasteiger charge is -2.52. The highest BCUT2D eigenvalue weighted by Gasteiger charge is 2.51. The highest BCUT2D eigenvalue weighted by atomic mass is 35.5. The molecule has 2 aliphatic rings. The van der Waals surface area contributed by atoms with Crippen molar-refractivity contribution in [1.82, 2.24) is 5.32 Å². The Morgan fingerprint density at radius 2 is 2.42 bits per heavy atom. The van der Waals surface area contributed by atoms with Crippen LogP contribution in [0.15, 0.2) is 5.38 Å². The number of rotatable bonds is 2. The van der Waals surface area contributed by atoms with Crippen LogP contribution >= 0.6 is 22.9 Å². The summed E-state index contributed by atoms with van der Waals surface area (Å²) in [4.78, 5) is 12.8. The van der Waals surface area contributed by atoms with Crippen molar-refractivity contribution in [2.45, 2.75) is 38.0 Å². The number of nitrogens with two attached hydrogens (primary N) is 1. The number of halogens is 1. The van der Waals surface area contributed by atoms with Gasteiger partial charge in [0.15, 0.2) is 0 Å². The Kier molecular flexibility index (Phi) is 3.55. The Hall–Kier alpha value is -0.620. The molecule has 0 aromatic carbocycles. The fourth-order valence-corrected chi connectivity index (χ4v) is 4.11. The summed E-state index contributed by atoms with van der Waals surface area (Å²) >= 11 is 7.47. The number of thiophene rings is 1. The molecule has 3 N–H and O–H groups in total. The predicted octanol–water partition coefficient (Wildman–Crippen LogP) is 1.94. The van der Waals surface area contributed by atoms with Crippen molar-refractivity contribution in [2.75, 3.05) is 6.61 Å². The van der Waals surface area contributed by atoms with Crippen LogP contribution in [0.3, 0.4) is 0 Å². The van der Waals surface area contributed by atoms with E-state index in [1.54, 1.807) is 0 Å². The zero-order chi connectivity index (χ0) is 13.6. The van der Waals surface area contributed by atoms with Crippen molar-refractivity contribution >= 4 is 28.8 Å². The summed E-state index contributed by atoms with van der Waals surface area (Å²) in [6.07, 6.45) is 2.23. The van der Waals surface area contributed by atoms with Crippen LogP contribution in [-0.2, 0) is 4.74 Å². The molecule has 2 fully saturated rings. The largest absolute Gasteiger partial charge is 0.376 e. The van der Waals surface area contributed by atoms with Crippen molar-refractivity contribution in [1.29, 1.82) is 0 Å². The van der Waals surface area contributed by atoms with Gasteiger partial charge in [-0.1, -0.05) is 11.6 Å². The number of fused-ring (bicyclic) bond motifs is 1. The van der Waals surface area contributed by atoms with E-state index >= 15 is 0 Å². The fourth-order valence-electron chi connectivity index (χ4n) is 2.93. The monoisotopic (exact) mass is 300 g/mol. The molecule has 1 aliphatic heterocycles. The first-order valence-corrected chi connectivity index (χ1v) is 7.77. The number of carbonyl (C=O) groups is 1. The standard InChI is InChI=1S/C13H17ClN2O2S/c1-6-5-19-12(8(6)14)13(17)16-10-9(15)7-3-2-4-18-11(7)10/h5,7,9-11H,2-4,15H2,1H3,(H,16,17). The van der Waals surface area contributed by atoms with Gasteiger partial charge in [0, 0.05) is 18.6 Å². The zero-order valence-electron chi connectivity index (χ0n) is 10.7. The second kappa shape index (κ2) is 5.05. The maximum atomic E-state index is 12.2. The molecule has 4 nitrogen and oxygen atoms in total. The van der Waals surface area contributed by atoms with E-state index in [1.165, 1.54) is 11.3 Å². The molecule has 4 atom stereocenters. The van der Waals surface area contributed by atoms with E-state index in [-0.39, 0.29) is 24.1 Å². The Balaban J connectivity index is 1.68. The molecular weight excluding hydrogens is 284 g/mol. The number of nitrogens with one attached hydrogen (secondary N) is 1. The van der Waals surface area contributed by atoms with Crippen LogP contribution in [-0.4, -0.2) is 30.7 Å². The van der Waals surface area contributed by atoms with E-state index in [0.29, 0.717) is 15.8 Å². The lowest BCUT2D eigenvalue weighted by Crippen LogP contribution is -2.72. The summed E-state index contributed by atoms with van der Waals surface area (Å²) in [5, 5.41) is 5.40. The van der Waals surface area contributed by atoms with Gasteiger partial charge in [-0.25, -0.2) is 0 Å². The molecule has 3 rings (SSSR count). The van der Waals surface area contributed by atoms with Gasteiger partial charge in [-0.2, -0.15) is 0 Å². The van der Waals surface area contributed by atoms with E-state index in [0.717, 1.165) is 25.0 Å². The molecule has 1 amide bonds. The Labute approximate surface area is 121 Å². The van der Waals surface area contributed by atoms with Crippen LogP contribution in [0.5, 0.6) is 0 Å². The van der Waals surface area contributed by atoms with E-state index in [9.17, 15) is 4.79 Å². The van der Waals surface area contributed by atoms with Gasteiger partial charge in [0.1, 0.15) is 4.88 Å². The minimum Gasteiger partial charge on any atom is -0.376 e. The van der Waals surface area contributed by atoms with E-state index in [2.05, 4.69) is 5.32 Å². The van der Waals surface area contributed by atoms with Gasteiger partial charge in [0.25, 0.3) is 5.91 Å². The highest BCUT2D eigenvalue weighted by molar-refractivity contribution is 7.13. The quantitative estimate of drug-likeness (QED) is 0.877. The van der Waals surface area contributed by atoms with Gasteiger partial charge >= 0.3 is 0 Å². The molecule has 0 radical (unpaired) electrons. The summed E-state index contributed by atoms with van der Waals surface area (Å²) in [6.45, 7) is 2.66. The molecule has 1 saturated heterocycles. The van der Waals surface area contributed by atoms with Crippen LogP contribution < -0.4 is 11.1 Å². The van der Waals surface area contributed by atoms with Gasteiger partial charge < -0.3 is 15.8 Å². The highest BCUT2D eigenvalue weighted by Crippen LogP contribution is 2.37. The number of amides is 1. The Morgan fingerprint density at radius 1 is 1.63 bits per heavy atom. The summed E-state index contributed by atoms with van der Waals surface area (Å²) < 4.78 is 5.71. The second-order valence-electron chi connectivity index (χ2n) is 5.28. The molecule has 2 heterocycles. The first kappa shape index (κ1) is 13.4. The van der Waals surface area contributed by atoms with Crippen molar-refractivity contribution in [3.05, 3.63) is 20.8 Å². The molecule has 1 aromatic heterocycles. The topological polar surface area (TPSA) is 64.4 Å².